The first-order chi connectivity index (χ1) is 16.4. The summed E-state index contributed by atoms with van der Waals surface area (Å²) in [6, 6.07) is 9.68. The van der Waals surface area contributed by atoms with Crippen LogP contribution in [0.2, 0.25) is 0 Å². The number of ether oxygens (including phenoxy) is 4. The van der Waals surface area contributed by atoms with Crippen molar-refractivity contribution in [3.05, 3.63) is 42.0 Å². The molecule has 0 spiro atoms. The normalized spacial score (nSPS) is 17.8. The van der Waals surface area contributed by atoms with Crippen molar-refractivity contribution < 1.29 is 37.0 Å². The van der Waals surface area contributed by atoms with Crippen LogP contribution in [0.4, 0.5) is 5.69 Å². The second kappa shape index (κ2) is 9.12. The van der Waals surface area contributed by atoms with Gasteiger partial charge in [0.1, 0.15) is 12.3 Å². The third-order valence-corrected chi connectivity index (χ3v) is 7.60. The molecule has 3 aliphatic rings. The summed E-state index contributed by atoms with van der Waals surface area (Å²) in [5.74, 6) is 0.752. The summed E-state index contributed by atoms with van der Waals surface area (Å²) >= 11 is 0. The number of anilines is 1. The summed E-state index contributed by atoms with van der Waals surface area (Å²) in [6.07, 6.45) is 0. The number of hydrogen-bond acceptors (Lipinski definition) is 8. The SMILES string of the molecule is O=C(CN1C(=O)COc2ccc(S(=O)(=O)N3CCOCC3)cc21)NCc1ccc2c(c1)OCO2. The maximum atomic E-state index is 13.1. The highest BCUT2D eigenvalue weighted by Gasteiger charge is 2.32. The van der Waals surface area contributed by atoms with Gasteiger partial charge in [-0.1, -0.05) is 6.07 Å². The van der Waals surface area contributed by atoms with Gasteiger partial charge < -0.3 is 24.3 Å². The summed E-state index contributed by atoms with van der Waals surface area (Å²) in [7, 11) is -3.78. The van der Waals surface area contributed by atoms with Gasteiger partial charge in [0.25, 0.3) is 5.91 Å². The Hall–Kier alpha value is -3.35. The summed E-state index contributed by atoms with van der Waals surface area (Å²) < 4.78 is 48.8. The molecule has 180 valence electrons. The quantitative estimate of drug-likeness (QED) is 0.622. The van der Waals surface area contributed by atoms with Crippen molar-refractivity contribution in [2.75, 3.05) is 51.1 Å². The van der Waals surface area contributed by atoms with Crippen LogP contribution in [0.25, 0.3) is 0 Å². The fourth-order valence-electron chi connectivity index (χ4n) is 3.90. The molecule has 1 fully saturated rings. The highest BCUT2D eigenvalue weighted by Crippen LogP contribution is 2.35. The number of fused-ring (bicyclic) bond motifs is 2. The Balaban J connectivity index is 1.31. The van der Waals surface area contributed by atoms with Gasteiger partial charge in [-0.25, -0.2) is 8.42 Å². The third-order valence-electron chi connectivity index (χ3n) is 5.71. The van der Waals surface area contributed by atoms with E-state index in [1.807, 2.05) is 6.07 Å². The molecule has 2 aromatic rings. The Labute approximate surface area is 196 Å². The molecule has 11 nitrogen and oxygen atoms in total. The van der Waals surface area contributed by atoms with Gasteiger partial charge in [-0.2, -0.15) is 4.31 Å². The molecule has 0 aromatic heterocycles. The molecule has 0 radical (unpaired) electrons. The van der Waals surface area contributed by atoms with E-state index in [-0.39, 0.29) is 50.2 Å². The second-order valence-corrected chi connectivity index (χ2v) is 9.82. The first kappa shape index (κ1) is 22.4. The number of morpholine rings is 1. The Morgan fingerprint density at radius 2 is 1.74 bits per heavy atom. The zero-order valence-electron chi connectivity index (χ0n) is 18.2. The van der Waals surface area contributed by atoms with E-state index in [1.165, 1.54) is 27.4 Å². The van der Waals surface area contributed by atoms with E-state index in [4.69, 9.17) is 18.9 Å². The number of benzene rings is 2. The summed E-state index contributed by atoms with van der Waals surface area (Å²) in [4.78, 5) is 26.5. The average molecular weight is 490 g/mol. The van der Waals surface area contributed by atoms with Crippen LogP contribution in [0, 0.1) is 0 Å². The molecule has 0 bridgehead atoms. The van der Waals surface area contributed by atoms with Gasteiger partial charge in [-0.05, 0) is 35.9 Å². The largest absolute Gasteiger partial charge is 0.482 e. The number of nitrogens with zero attached hydrogens (tertiary/aromatic N) is 2. The van der Waals surface area contributed by atoms with Crippen molar-refractivity contribution in [1.29, 1.82) is 0 Å². The van der Waals surface area contributed by atoms with Gasteiger partial charge in [-0.15, -0.1) is 0 Å². The minimum absolute atomic E-state index is 0.0252. The number of amides is 2. The zero-order valence-corrected chi connectivity index (χ0v) is 19.0. The number of nitrogens with one attached hydrogen (secondary N) is 1. The molecule has 1 saturated heterocycles. The van der Waals surface area contributed by atoms with Crippen molar-refractivity contribution in [3.63, 3.8) is 0 Å². The van der Waals surface area contributed by atoms with E-state index in [9.17, 15) is 18.0 Å². The summed E-state index contributed by atoms with van der Waals surface area (Å²) in [5.41, 5.74) is 1.05. The van der Waals surface area contributed by atoms with E-state index in [2.05, 4.69) is 5.32 Å². The molecular formula is C22H23N3O8S. The predicted molar refractivity (Wildman–Crippen MR) is 118 cm³/mol. The van der Waals surface area contributed by atoms with Gasteiger partial charge in [0, 0.05) is 19.6 Å². The Kier molecular flexibility index (Phi) is 6.02. The van der Waals surface area contributed by atoms with Gasteiger partial charge in [0.15, 0.2) is 18.1 Å². The van der Waals surface area contributed by atoms with Crippen LogP contribution in [-0.2, 0) is 30.9 Å². The fourth-order valence-corrected chi connectivity index (χ4v) is 5.33. The number of carbonyl (C=O) groups is 2. The number of rotatable bonds is 6. The van der Waals surface area contributed by atoms with Gasteiger partial charge >= 0.3 is 0 Å². The number of hydrogen-bond donors (Lipinski definition) is 1. The molecule has 3 heterocycles. The van der Waals surface area contributed by atoms with Crippen LogP contribution in [0.15, 0.2) is 41.3 Å². The van der Waals surface area contributed by atoms with Crippen LogP contribution in [-0.4, -0.2) is 70.8 Å². The van der Waals surface area contributed by atoms with Crippen LogP contribution in [0.3, 0.4) is 0 Å². The standard InChI is InChI=1S/C22H23N3O8S/c26-21(23-11-15-1-3-19-20(9-15)33-14-32-19)12-25-17-10-16(2-4-18(17)31-13-22(25)27)34(28,29)24-5-7-30-8-6-24/h1-4,9-10H,5-8,11-14H2,(H,23,26). The Morgan fingerprint density at radius 3 is 2.56 bits per heavy atom. The molecule has 0 unspecified atom stereocenters. The molecule has 34 heavy (non-hydrogen) atoms. The van der Waals surface area contributed by atoms with Crippen LogP contribution < -0.4 is 24.4 Å². The van der Waals surface area contributed by atoms with Crippen LogP contribution in [0.5, 0.6) is 17.2 Å². The molecule has 0 aliphatic carbocycles. The van der Waals surface area contributed by atoms with Crippen molar-refractivity contribution >= 4 is 27.5 Å². The van der Waals surface area contributed by atoms with Crippen LogP contribution >= 0.6 is 0 Å². The lowest BCUT2D eigenvalue weighted by atomic mass is 10.2. The minimum atomic E-state index is -3.78. The molecule has 5 rings (SSSR count). The number of sulfonamides is 1. The lowest BCUT2D eigenvalue weighted by molar-refractivity contribution is -0.125. The van der Waals surface area contributed by atoms with Crippen molar-refractivity contribution in [3.8, 4) is 17.2 Å². The molecule has 0 saturated carbocycles. The first-order valence-corrected chi connectivity index (χ1v) is 12.2. The Bertz CT molecular complexity index is 1230. The lowest BCUT2D eigenvalue weighted by Gasteiger charge is -2.30. The highest BCUT2D eigenvalue weighted by atomic mass is 32.2. The molecule has 3 aliphatic heterocycles. The minimum Gasteiger partial charge on any atom is -0.482 e. The first-order valence-electron chi connectivity index (χ1n) is 10.7. The maximum Gasteiger partial charge on any atom is 0.265 e. The van der Waals surface area contributed by atoms with E-state index >= 15 is 0 Å². The molecule has 2 amide bonds. The summed E-state index contributed by atoms with van der Waals surface area (Å²) in [6.45, 7) is 1.02. The third kappa shape index (κ3) is 4.39. The smallest absolute Gasteiger partial charge is 0.265 e. The molecule has 1 N–H and O–H groups in total. The van der Waals surface area contributed by atoms with Gasteiger partial charge in [0.2, 0.25) is 22.7 Å². The maximum absolute atomic E-state index is 13.1. The summed E-state index contributed by atoms with van der Waals surface area (Å²) in [5, 5.41) is 2.77. The van der Waals surface area contributed by atoms with Crippen LogP contribution in [0.1, 0.15) is 5.56 Å². The van der Waals surface area contributed by atoms with Crippen molar-refractivity contribution in [2.45, 2.75) is 11.4 Å². The van der Waals surface area contributed by atoms with Crippen molar-refractivity contribution in [2.24, 2.45) is 0 Å². The highest BCUT2D eigenvalue weighted by molar-refractivity contribution is 7.89. The second-order valence-electron chi connectivity index (χ2n) is 7.88. The molecular weight excluding hydrogens is 466 g/mol. The topological polar surface area (TPSA) is 124 Å². The Morgan fingerprint density at radius 1 is 0.971 bits per heavy atom. The van der Waals surface area contributed by atoms with E-state index < -0.39 is 21.8 Å². The molecule has 2 aromatic carbocycles. The molecule has 12 heteroatoms. The van der Waals surface area contributed by atoms with Gasteiger partial charge in [0.05, 0.1) is 23.8 Å². The lowest BCUT2D eigenvalue weighted by Crippen LogP contribution is -2.45. The van der Waals surface area contributed by atoms with E-state index in [0.29, 0.717) is 30.5 Å². The fraction of sp³-hybridized carbons (Fsp3) is 0.364. The molecule has 0 atom stereocenters. The monoisotopic (exact) mass is 489 g/mol. The van der Waals surface area contributed by atoms with E-state index in [1.54, 1.807) is 12.1 Å². The van der Waals surface area contributed by atoms with Gasteiger partial charge in [-0.3, -0.25) is 14.5 Å². The predicted octanol–water partition coefficient (Wildman–Crippen LogP) is 0.478. The van der Waals surface area contributed by atoms with Crippen molar-refractivity contribution in [1.82, 2.24) is 9.62 Å². The zero-order chi connectivity index (χ0) is 23.7. The number of carbonyl (C=O) groups excluding carboxylic acids is 2. The van der Waals surface area contributed by atoms with E-state index in [0.717, 1.165) is 5.56 Å². The average Bonchev–Trinajstić information content (AvgIpc) is 3.33.